The molecule has 1 aromatic carbocycles. The fourth-order valence-electron chi connectivity index (χ4n) is 2.21. The van der Waals surface area contributed by atoms with E-state index in [0.717, 1.165) is 12.2 Å². The Morgan fingerprint density at radius 2 is 2.21 bits per heavy atom. The molecule has 2 nitrogen and oxygen atoms in total. The Balaban J connectivity index is 2.22. The minimum atomic E-state index is 0.546. The number of anilines is 1. The Morgan fingerprint density at radius 1 is 1.36 bits per heavy atom. The van der Waals surface area contributed by atoms with Gasteiger partial charge in [-0.3, -0.25) is 0 Å². The molecule has 0 radical (unpaired) electrons. The third-order valence-corrected chi connectivity index (χ3v) is 2.98. The van der Waals surface area contributed by atoms with Gasteiger partial charge in [-0.1, -0.05) is 12.5 Å². The lowest BCUT2D eigenvalue weighted by atomic mass is 9.94. The van der Waals surface area contributed by atoms with E-state index in [1.54, 1.807) is 0 Å². The highest BCUT2D eigenvalue weighted by Crippen LogP contribution is 2.26. The molecule has 0 spiro atoms. The van der Waals surface area contributed by atoms with Gasteiger partial charge in [0.15, 0.2) is 0 Å². The van der Waals surface area contributed by atoms with Gasteiger partial charge in [-0.2, -0.15) is 0 Å². The standard InChI is InChI=1S/C12H18N2/c1-9-8-10(13)5-6-11(9)12-4-2-3-7-14-12/h5-6,8,12,14H,2-4,7,13H2,1H3/t12-/m1/s1. The van der Waals surface area contributed by atoms with E-state index < -0.39 is 0 Å². The lowest BCUT2D eigenvalue weighted by molar-refractivity contribution is 0.411. The minimum Gasteiger partial charge on any atom is -0.399 e. The molecule has 2 rings (SSSR count). The second kappa shape index (κ2) is 4.01. The molecule has 0 amide bonds. The molecule has 0 bridgehead atoms. The van der Waals surface area contributed by atoms with Gasteiger partial charge in [-0.15, -0.1) is 0 Å². The Hall–Kier alpha value is -1.02. The Kier molecular flexibility index (Phi) is 2.73. The first-order valence-electron chi connectivity index (χ1n) is 5.37. The zero-order chi connectivity index (χ0) is 9.97. The monoisotopic (exact) mass is 190 g/mol. The molecule has 14 heavy (non-hydrogen) atoms. The summed E-state index contributed by atoms with van der Waals surface area (Å²) in [5, 5.41) is 3.55. The van der Waals surface area contributed by atoms with Crippen LogP contribution in [0, 0.1) is 6.92 Å². The number of nitrogens with one attached hydrogen (secondary N) is 1. The first-order chi connectivity index (χ1) is 6.77. The second-order valence-corrected chi connectivity index (χ2v) is 4.12. The van der Waals surface area contributed by atoms with Crippen LogP contribution in [0.3, 0.4) is 0 Å². The highest BCUT2D eigenvalue weighted by molar-refractivity contribution is 5.45. The molecule has 1 fully saturated rings. The van der Waals surface area contributed by atoms with E-state index in [4.69, 9.17) is 5.73 Å². The van der Waals surface area contributed by atoms with Gasteiger partial charge in [0.25, 0.3) is 0 Å². The SMILES string of the molecule is Cc1cc(N)ccc1[C@H]1CCCCN1. The van der Waals surface area contributed by atoms with Crippen molar-refractivity contribution in [3.8, 4) is 0 Å². The van der Waals surface area contributed by atoms with Gasteiger partial charge < -0.3 is 11.1 Å². The van der Waals surface area contributed by atoms with Crippen molar-refractivity contribution in [2.24, 2.45) is 0 Å². The predicted molar refractivity (Wildman–Crippen MR) is 60.2 cm³/mol. The minimum absolute atomic E-state index is 0.546. The molecular formula is C12H18N2. The van der Waals surface area contributed by atoms with Crippen LogP contribution in [0.5, 0.6) is 0 Å². The maximum absolute atomic E-state index is 5.74. The number of hydrogen-bond donors (Lipinski definition) is 2. The Morgan fingerprint density at radius 3 is 2.86 bits per heavy atom. The second-order valence-electron chi connectivity index (χ2n) is 4.12. The average molecular weight is 190 g/mol. The normalized spacial score (nSPS) is 22.2. The lowest BCUT2D eigenvalue weighted by Gasteiger charge is -2.25. The maximum Gasteiger partial charge on any atom is 0.0322 e. The summed E-state index contributed by atoms with van der Waals surface area (Å²) in [5.41, 5.74) is 9.32. The van der Waals surface area contributed by atoms with Gasteiger partial charge >= 0.3 is 0 Å². The Labute approximate surface area is 85.5 Å². The van der Waals surface area contributed by atoms with Crippen LogP contribution in [0.15, 0.2) is 18.2 Å². The van der Waals surface area contributed by atoms with Crippen molar-refractivity contribution < 1.29 is 0 Å². The smallest absolute Gasteiger partial charge is 0.0322 e. The highest BCUT2D eigenvalue weighted by atomic mass is 14.9. The molecule has 0 aromatic heterocycles. The van der Waals surface area contributed by atoms with E-state index in [2.05, 4.69) is 24.4 Å². The molecule has 0 saturated carbocycles. The fraction of sp³-hybridized carbons (Fsp3) is 0.500. The summed E-state index contributed by atoms with van der Waals surface area (Å²) < 4.78 is 0. The molecular weight excluding hydrogens is 172 g/mol. The first kappa shape index (κ1) is 9.53. The molecule has 76 valence electrons. The van der Waals surface area contributed by atoms with Gasteiger partial charge in [0.2, 0.25) is 0 Å². The van der Waals surface area contributed by atoms with Crippen LogP contribution in [-0.4, -0.2) is 6.54 Å². The van der Waals surface area contributed by atoms with Crippen molar-refractivity contribution in [3.63, 3.8) is 0 Å². The number of nitrogen functional groups attached to an aromatic ring is 1. The van der Waals surface area contributed by atoms with Crippen LogP contribution in [0.1, 0.15) is 36.4 Å². The van der Waals surface area contributed by atoms with Gasteiger partial charge in [-0.05, 0) is 49.6 Å². The van der Waals surface area contributed by atoms with Crippen molar-refractivity contribution in [2.75, 3.05) is 12.3 Å². The molecule has 0 aliphatic carbocycles. The van der Waals surface area contributed by atoms with Gasteiger partial charge in [0, 0.05) is 11.7 Å². The summed E-state index contributed by atoms with van der Waals surface area (Å²) in [5.74, 6) is 0. The molecule has 0 unspecified atom stereocenters. The summed E-state index contributed by atoms with van der Waals surface area (Å²) in [6.07, 6.45) is 3.90. The van der Waals surface area contributed by atoms with Gasteiger partial charge in [-0.25, -0.2) is 0 Å². The van der Waals surface area contributed by atoms with Gasteiger partial charge in [0.1, 0.15) is 0 Å². The average Bonchev–Trinajstić information content (AvgIpc) is 2.19. The highest BCUT2D eigenvalue weighted by Gasteiger charge is 2.15. The van der Waals surface area contributed by atoms with Crippen molar-refractivity contribution in [1.29, 1.82) is 0 Å². The van der Waals surface area contributed by atoms with Gasteiger partial charge in [0.05, 0.1) is 0 Å². The maximum atomic E-state index is 5.74. The summed E-state index contributed by atoms with van der Waals surface area (Å²) in [6, 6.07) is 6.77. The third-order valence-electron chi connectivity index (χ3n) is 2.98. The van der Waals surface area contributed by atoms with Crippen molar-refractivity contribution >= 4 is 5.69 Å². The first-order valence-corrected chi connectivity index (χ1v) is 5.37. The van der Waals surface area contributed by atoms with E-state index in [1.165, 1.54) is 30.4 Å². The largest absolute Gasteiger partial charge is 0.399 e. The topological polar surface area (TPSA) is 38.0 Å². The number of nitrogens with two attached hydrogens (primary N) is 1. The molecule has 1 aliphatic rings. The fourth-order valence-corrected chi connectivity index (χ4v) is 2.21. The lowest BCUT2D eigenvalue weighted by Crippen LogP contribution is -2.27. The van der Waals surface area contributed by atoms with Crippen molar-refractivity contribution in [3.05, 3.63) is 29.3 Å². The summed E-state index contributed by atoms with van der Waals surface area (Å²) >= 11 is 0. The Bertz CT molecular complexity index is 314. The van der Waals surface area contributed by atoms with Crippen LogP contribution in [0.2, 0.25) is 0 Å². The van der Waals surface area contributed by atoms with E-state index >= 15 is 0 Å². The number of aryl methyl sites for hydroxylation is 1. The van der Waals surface area contributed by atoms with E-state index in [9.17, 15) is 0 Å². The number of piperidine rings is 1. The molecule has 1 atom stereocenters. The van der Waals surface area contributed by atoms with Crippen molar-refractivity contribution in [2.45, 2.75) is 32.2 Å². The molecule has 1 aliphatic heterocycles. The number of hydrogen-bond acceptors (Lipinski definition) is 2. The summed E-state index contributed by atoms with van der Waals surface area (Å²) in [6.45, 7) is 3.29. The molecule has 2 heteroatoms. The van der Waals surface area contributed by atoms with Crippen LogP contribution < -0.4 is 11.1 Å². The van der Waals surface area contributed by atoms with Crippen LogP contribution in [0.25, 0.3) is 0 Å². The summed E-state index contributed by atoms with van der Waals surface area (Å²) in [4.78, 5) is 0. The van der Waals surface area contributed by atoms with E-state index in [-0.39, 0.29) is 0 Å². The third kappa shape index (κ3) is 1.90. The number of rotatable bonds is 1. The predicted octanol–water partition coefficient (Wildman–Crippen LogP) is 2.39. The summed E-state index contributed by atoms with van der Waals surface area (Å²) in [7, 11) is 0. The zero-order valence-electron chi connectivity index (χ0n) is 8.72. The molecule has 1 saturated heterocycles. The zero-order valence-corrected chi connectivity index (χ0v) is 8.72. The van der Waals surface area contributed by atoms with Crippen molar-refractivity contribution in [1.82, 2.24) is 5.32 Å². The van der Waals surface area contributed by atoms with Crippen LogP contribution in [-0.2, 0) is 0 Å². The quantitative estimate of drug-likeness (QED) is 0.667. The van der Waals surface area contributed by atoms with E-state index in [0.29, 0.717) is 6.04 Å². The molecule has 3 N–H and O–H groups in total. The number of benzene rings is 1. The van der Waals surface area contributed by atoms with Crippen LogP contribution >= 0.6 is 0 Å². The molecule has 1 heterocycles. The molecule has 1 aromatic rings. The van der Waals surface area contributed by atoms with Crippen LogP contribution in [0.4, 0.5) is 5.69 Å². The van der Waals surface area contributed by atoms with E-state index in [1.807, 2.05) is 6.07 Å².